The van der Waals surface area contributed by atoms with E-state index in [1.807, 2.05) is 12.1 Å². The summed E-state index contributed by atoms with van der Waals surface area (Å²) in [4.78, 5) is 22.8. The van der Waals surface area contributed by atoms with Crippen molar-refractivity contribution in [3.8, 4) is 11.1 Å². The zero-order chi connectivity index (χ0) is 18.1. The smallest absolute Gasteiger partial charge is 0.254 e. The molecule has 0 saturated carbocycles. The van der Waals surface area contributed by atoms with Crippen LogP contribution in [0.5, 0.6) is 0 Å². The molecule has 3 aromatic rings. The van der Waals surface area contributed by atoms with Gasteiger partial charge in [0.05, 0.1) is 12.2 Å². The first-order valence-corrected chi connectivity index (χ1v) is 8.36. The second-order valence-electron chi connectivity index (χ2n) is 6.26. The van der Waals surface area contributed by atoms with Crippen molar-refractivity contribution in [3.05, 3.63) is 77.4 Å². The van der Waals surface area contributed by atoms with Crippen LogP contribution in [-0.2, 0) is 13.0 Å². The zero-order valence-electron chi connectivity index (χ0n) is 14.0. The van der Waals surface area contributed by atoms with Crippen LogP contribution in [0.4, 0.5) is 10.3 Å². The van der Waals surface area contributed by atoms with Gasteiger partial charge >= 0.3 is 0 Å². The molecule has 26 heavy (non-hydrogen) atoms. The minimum absolute atomic E-state index is 0.0431. The molecule has 1 aromatic heterocycles. The van der Waals surface area contributed by atoms with E-state index in [9.17, 15) is 9.18 Å². The van der Waals surface area contributed by atoms with Crippen LogP contribution in [-0.4, -0.2) is 27.3 Å². The van der Waals surface area contributed by atoms with Crippen LogP contribution in [0.25, 0.3) is 11.1 Å². The van der Waals surface area contributed by atoms with Crippen LogP contribution >= 0.6 is 0 Å². The number of nitrogens with two attached hydrogens (primary N) is 1. The second kappa shape index (κ2) is 6.55. The second-order valence-corrected chi connectivity index (χ2v) is 6.26. The van der Waals surface area contributed by atoms with Crippen molar-refractivity contribution < 1.29 is 9.18 Å². The fraction of sp³-hybridized carbons (Fsp3) is 0.150. The first kappa shape index (κ1) is 16.2. The highest BCUT2D eigenvalue weighted by molar-refractivity contribution is 5.94. The number of hydrogen-bond acceptors (Lipinski definition) is 4. The molecule has 2 aromatic carbocycles. The third kappa shape index (κ3) is 3.13. The number of fused-ring (bicyclic) bond motifs is 1. The predicted octanol–water partition coefficient (Wildman–Crippen LogP) is 3.06. The Bertz CT molecular complexity index is 955. The van der Waals surface area contributed by atoms with Gasteiger partial charge in [-0.3, -0.25) is 4.79 Å². The number of nitrogens with zero attached hydrogens (tertiary/aromatic N) is 3. The first-order valence-electron chi connectivity index (χ1n) is 8.36. The number of aromatic nitrogens is 2. The molecular formula is C20H17FN4O. The third-order valence-electron chi connectivity index (χ3n) is 4.56. The van der Waals surface area contributed by atoms with Gasteiger partial charge in [0.1, 0.15) is 5.82 Å². The van der Waals surface area contributed by atoms with Crippen LogP contribution in [0.15, 0.2) is 54.7 Å². The Morgan fingerprint density at radius 3 is 2.38 bits per heavy atom. The number of carbonyl (C=O) groups is 1. The summed E-state index contributed by atoms with van der Waals surface area (Å²) in [5, 5.41) is 0. The number of nitrogen functional groups attached to an aromatic ring is 1. The fourth-order valence-corrected chi connectivity index (χ4v) is 3.12. The van der Waals surface area contributed by atoms with E-state index in [4.69, 9.17) is 5.73 Å². The topological polar surface area (TPSA) is 72.1 Å². The van der Waals surface area contributed by atoms with E-state index < -0.39 is 0 Å². The van der Waals surface area contributed by atoms with Crippen molar-refractivity contribution in [2.45, 2.75) is 13.0 Å². The van der Waals surface area contributed by atoms with Gasteiger partial charge in [0.15, 0.2) is 0 Å². The Balaban J connectivity index is 1.52. The molecule has 0 atom stereocenters. The third-order valence-corrected chi connectivity index (χ3v) is 4.56. The van der Waals surface area contributed by atoms with Gasteiger partial charge in [0.25, 0.3) is 5.91 Å². The summed E-state index contributed by atoms with van der Waals surface area (Å²) in [5.41, 5.74) is 9.94. The maximum atomic E-state index is 13.0. The molecule has 4 rings (SSSR count). The molecule has 0 saturated heterocycles. The first-order chi connectivity index (χ1) is 12.6. The maximum Gasteiger partial charge on any atom is 0.254 e. The number of benzene rings is 2. The number of rotatable bonds is 2. The number of amides is 1. The van der Waals surface area contributed by atoms with Gasteiger partial charge in [-0.1, -0.05) is 24.3 Å². The van der Waals surface area contributed by atoms with Gasteiger partial charge in [0.2, 0.25) is 5.95 Å². The number of carbonyl (C=O) groups excluding carboxylic acids is 1. The number of hydrogen-bond donors (Lipinski definition) is 1. The van der Waals surface area contributed by atoms with Crippen molar-refractivity contribution in [2.75, 3.05) is 12.3 Å². The molecule has 0 fully saturated rings. The Labute approximate surface area is 150 Å². The summed E-state index contributed by atoms with van der Waals surface area (Å²) in [6, 6.07) is 13.6. The standard InChI is InChI=1S/C20H17FN4O/c21-17-7-5-14(6-8-17)13-1-3-15(4-2-13)19(26)25-10-9-16-11-23-20(22)24-18(16)12-25/h1-8,11H,9-10,12H2,(H2,22,23,24). The highest BCUT2D eigenvalue weighted by Gasteiger charge is 2.23. The van der Waals surface area contributed by atoms with E-state index in [1.54, 1.807) is 35.4 Å². The Morgan fingerprint density at radius 2 is 1.69 bits per heavy atom. The van der Waals surface area contributed by atoms with Gasteiger partial charge in [0, 0.05) is 18.3 Å². The fourth-order valence-electron chi connectivity index (χ4n) is 3.12. The molecule has 2 N–H and O–H groups in total. The average Bonchev–Trinajstić information content (AvgIpc) is 2.67. The molecule has 0 bridgehead atoms. The van der Waals surface area contributed by atoms with Gasteiger partial charge in [-0.25, -0.2) is 14.4 Å². The minimum atomic E-state index is -0.268. The molecule has 2 heterocycles. The summed E-state index contributed by atoms with van der Waals surface area (Å²) in [7, 11) is 0. The molecule has 0 aliphatic carbocycles. The van der Waals surface area contributed by atoms with Gasteiger partial charge in [-0.2, -0.15) is 0 Å². The van der Waals surface area contributed by atoms with Crippen LogP contribution in [0.2, 0.25) is 0 Å². The molecule has 130 valence electrons. The van der Waals surface area contributed by atoms with Gasteiger partial charge in [-0.05, 0) is 47.4 Å². The van der Waals surface area contributed by atoms with E-state index in [1.165, 1.54) is 12.1 Å². The summed E-state index contributed by atoms with van der Waals surface area (Å²) in [6.07, 6.45) is 2.45. The Morgan fingerprint density at radius 1 is 1.04 bits per heavy atom. The summed E-state index contributed by atoms with van der Waals surface area (Å²) in [5.74, 6) is -0.0874. The van der Waals surface area contributed by atoms with Crippen LogP contribution in [0.1, 0.15) is 21.6 Å². The lowest BCUT2D eigenvalue weighted by molar-refractivity contribution is 0.0732. The van der Waals surface area contributed by atoms with Crippen molar-refractivity contribution in [2.24, 2.45) is 0 Å². The van der Waals surface area contributed by atoms with Crippen LogP contribution < -0.4 is 5.73 Å². The predicted molar refractivity (Wildman–Crippen MR) is 96.7 cm³/mol. The summed E-state index contributed by atoms with van der Waals surface area (Å²) >= 11 is 0. The average molecular weight is 348 g/mol. The van der Waals surface area contributed by atoms with Gasteiger partial charge < -0.3 is 10.6 Å². The Kier molecular flexibility index (Phi) is 4.08. The van der Waals surface area contributed by atoms with Crippen LogP contribution in [0, 0.1) is 5.82 Å². The van der Waals surface area contributed by atoms with E-state index in [0.717, 1.165) is 28.8 Å². The molecule has 5 nitrogen and oxygen atoms in total. The van der Waals surface area contributed by atoms with Gasteiger partial charge in [-0.15, -0.1) is 0 Å². The SMILES string of the molecule is Nc1ncc2c(n1)CN(C(=O)c1ccc(-c3ccc(F)cc3)cc1)CC2. The van der Waals surface area contributed by atoms with E-state index >= 15 is 0 Å². The van der Waals surface area contributed by atoms with Crippen molar-refractivity contribution in [1.29, 1.82) is 0 Å². The molecule has 1 amide bonds. The lowest BCUT2D eigenvalue weighted by Gasteiger charge is -2.28. The van der Waals surface area contributed by atoms with Crippen LogP contribution in [0.3, 0.4) is 0 Å². The minimum Gasteiger partial charge on any atom is -0.368 e. The molecule has 0 spiro atoms. The van der Waals surface area contributed by atoms with E-state index in [2.05, 4.69) is 9.97 Å². The quantitative estimate of drug-likeness (QED) is 0.772. The molecule has 0 unspecified atom stereocenters. The van der Waals surface area contributed by atoms with Crippen molar-refractivity contribution in [1.82, 2.24) is 14.9 Å². The lowest BCUT2D eigenvalue weighted by atomic mass is 10.0. The Hall–Kier alpha value is -3.28. The van der Waals surface area contributed by atoms with Crippen molar-refractivity contribution >= 4 is 11.9 Å². The normalized spacial score (nSPS) is 13.3. The highest BCUT2D eigenvalue weighted by atomic mass is 19.1. The maximum absolute atomic E-state index is 13.0. The summed E-state index contributed by atoms with van der Waals surface area (Å²) < 4.78 is 13.0. The zero-order valence-corrected chi connectivity index (χ0v) is 14.0. The monoisotopic (exact) mass is 348 g/mol. The molecule has 1 aliphatic heterocycles. The molecule has 1 aliphatic rings. The van der Waals surface area contributed by atoms with E-state index in [-0.39, 0.29) is 17.7 Å². The molecular weight excluding hydrogens is 331 g/mol. The van der Waals surface area contributed by atoms with Crippen molar-refractivity contribution in [3.63, 3.8) is 0 Å². The molecule has 6 heteroatoms. The number of anilines is 1. The largest absolute Gasteiger partial charge is 0.368 e. The molecule has 0 radical (unpaired) electrons. The highest BCUT2D eigenvalue weighted by Crippen LogP contribution is 2.22. The number of halogens is 1. The van der Waals surface area contributed by atoms with E-state index in [0.29, 0.717) is 18.7 Å². The summed E-state index contributed by atoms with van der Waals surface area (Å²) in [6.45, 7) is 1.05. The lowest BCUT2D eigenvalue weighted by Crippen LogP contribution is -2.36.